The lowest BCUT2D eigenvalue weighted by Crippen LogP contribution is -2.50. The average Bonchev–Trinajstić information content (AvgIpc) is 3.15. The average molecular weight is 441 g/mol. The minimum Gasteiger partial charge on any atom is -0.493 e. The lowest BCUT2D eigenvalue weighted by atomic mass is 10.1. The van der Waals surface area contributed by atoms with Gasteiger partial charge in [-0.2, -0.15) is 0 Å². The number of rotatable bonds is 7. The van der Waals surface area contributed by atoms with Crippen LogP contribution in [0.2, 0.25) is 5.02 Å². The van der Waals surface area contributed by atoms with E-state index in [2.05, 4.69) is 22.0 Å². The Hall–Kier alpha value is -0.430. The van der Waals surface area contributed by atoms with Crippen LogP contribution in [0.1, 0.15) is 25.3 Å². The topological polar surface area (TPSA) is 37.0 Å². The predicted octanol–water partition coefficient (Wildman–Crippen LogP) is 3.46. The van der Waals surface area contributed by atoms with Gasteiger partial charge >= 0.3 is 0 Å². The van der Waals surface area contributed by atoms with Gasteiger partial charge in [-0.15, -0.1) is 24.8 Å². The molecule has 0 aromatic heterocycles. The first-order valence-electron chi connectivity index (χ1n) is 9.37. The van der Waals surface area contributed by atoms with Crippen LogP contribution in [0.4, 0.5) is 0 Å². The quantitative estimate of drug-likeness (QED) is 0.703. The smallest absolute Gasteiger partial charge is 0.165 e. The first-order chi connectivity index (χ1) is 12.2. The standard InChI is InChI=1S/C19H30ClN3O2.2ClH/c1-3-10-25-19-15(11-16(20)12-18(19)24-2)14-22-6-8-23(9-7-22)17-4-5-21-13-17;;/h11-12,17,21H,3-10,13-14H2,1-2H3;2*1H. The van der Waals surface area contributed by atoms with Crippen LogP contribution in [-0.4, -0.2) is 68.8 Å². The Morgan fingerprint density at radius 1 is 1.19 bits per heavy atom. The van der Waals surface area contributed by atoms with Gasteiger partial charge in [-0.05, 0) is 25.5 Å². The SMILES string of the molecule is CCCOc1c(CN2CCN(C3CCNC3)CC2)cc(Cl)cc1OC.Cl.Cl. The molecule has 1 N–H and O–H groups in total. The molecule has 2 aliphatic rings. The molecule has 0 radical (unpaired) electrons. The first kappa shape index (κ1) is 24.6. The summed E-state index contributed by atoms with van der Waals surface area (Å²) in [5.74, 6) is 1.57. The normalized spacial score (nSPS) is 20.6. The molecule has 2 aliphatic heterocycles. The van der Waals surface area contributed by atoms with E-state index in [4.69, 9.17) is 21.1 Å². The number of methoxy groups -OCH3 is 1. The highest BCUT2D eigenvalue weighted by atomic mass is 35.5. The van der Waals surface area contributed by atoms with Crippen LogP contribution in [0.5, 0.6) is 11.5 Å². The first-order valence-corrected chi connectivity index (χ1v) is 9.75. The maximum Gasteiger partial charge on any atom is 0.165 e. The van der Waals surface area contributed by atoms with Gasteiger partial charge in [0.15, 0.2) is 11.5 Å². The number of halogens is 3. The van der Waals surface area contributed by atoms with Crippen LogP contribution in [0, 0.1) is 0 Å². The Morgan fingerprint density at radius 2 is 1.93 bits per heavy atom. The van der Waals surface area contributed by atoms with Crippen LogP contribution in [0.15, 0.2) is 12.1 Å². The van der Waals surface area contributed by atoms with Crippen molar-refractivity contribution in [1.82, 2.24) is 15.1 Å². The minimum atomic E-state index is 0. The van der Waals surface area contributed by atoms with Crippen molar-refractivity contribution in [1.29, 1.82) is 0 Å². The van der Waals surface area contributed by atoms with E-state index in [0.29, 0.717) is 11.6 Å². The fourth-order valence-corrected chi connectivity index (χ4v) is 3.97. The molecular weight excluding hydrogens is 409 g/mol. The van der Waals surface area contributed by atoms with Gasteiger partial charge in [-0.3, -0.25) is 9.80 Å². The minimum absolute atomic E-state index is 0. The van der Waals surface area contributed by atoms with E-state index in [9.17, 15) is 0 Å². The highest BCUT2D eigenvalue weighted by molar-refractivity contribution is 6.30. The Labute approximate surface area is 180 Å². The third kappa shape index (κ3) is 6.55. The molecule has 1 aromatic rings. The van der Waals surface area contributed by atoms with Crippen LogP contribution in [0.25, 0.3) is 0 Å². The highest BCUT2D eigenvalue weighted by Crippen LogP contribution is 2.35. The summed E-state index contributed by atoms with van der Waals surface area (Å²) in [6.45, 7) is 10.4. The van der Waals surface area contributed by atoms with Crippen molar-refractivity contribution in [2.75, 3.05) is 53.0 Å². The Bertz CT molecular complexity index is 563. The molecule has 3 rings (SSSR count). The van der Waals surface area contributed by atoms with Crippen LogP contribution >= 0.6 is 36.4 Å². The van der Waals surface area contributed by atoms with Crippen molar-refractivity contribution in [3.8, 4) is 11.5 Å². The molecule has 1 atom stereocenters. The number of ether oxygens (including phenoxy) is 2. The van der Waals surface area contributed by atoms with Crippen molar-refractivity contribution in [2.45, 2.75) is 32.4 Å². The summed E-state index contributed by atoms with van der Waals surface area (Å²) in [5.41, 5.74) is 1.12. The summed E-state index contributed by atoms with van der Waals surface area (Å²) in [6.07, 6.45) is 2.25. The number of piperazine rings is 1. The van der Waals surface area contributed by atoms with Crippen molar-refractivity contribution >= 4 is 36.4 Å². The zero-order chi connectivity index (χ0) is 17.6. The predicted molar refractivity (Wildman–Crippen MR) is 116 cm³/mol. The maximum atomic E-state index is 6.29. The number of hydrogen-bond acceptors (Lipinski definition) is 5. The maximum absolute atomic E-state index is 6.29. The third-order valence-corrected chi connectivity index (χ3v) is 5.34. The van der Waals surface area contributed by atoms with Gasteiger partial charge in [-0.25, -0.2) is 0 Å². The summed E-state index contributed by atoms with van der Waals surface area (Å²) in [5, 5.41) is 4.17. The highest BCUT2D eigenvalue weighted by Gasteiger charge is 2.26. The van der Waals surface area contributed by atoms with Gasteiger partial charge in [0.1, 0.15) is 0 Å². The molecular formula is C19H32Cl3N3O2. The van der Waals surface area contributed by atoms with Crippen LogP contribution in [0.3, 0.4) is 0 Å². The summed E-state index contributed by atoms with van der Waals surface area (Å²) in [6, 6.07) is 4.57. The number of nitrogens with zero attached hydrogens (tertiary/aromatic N) is 2. The summed E-state index contributed by atoms with van der Waals surface area (Å²) >= 11 is 6.29. The van der Waals surface area contributed by atoms with Crippen molar-refractivity contribution < 1.29 is 9.47 Å². The molecule has 8 heteroatoms. The van der Waals surface area contributed by atoms with E-state index in [-0.39, 0.29) is 24.8 Å². The Morgan fingerprint density at radius 3 is 2.52 bits per heavy atom. The van der Waals surface area contributed by atoms with Crippen LogP contribution in [-0.2, 0) is 6.54 Å². The second kappa shape index (κ2) is 12.2. The molecule has 0 aliphatic carbocycles. The summed E-state index contributed by atoms with van der Waals surface area (Å²) < 4.78 is 11.5. The molecule has 156 valence electrons. The largest absolute Gasteiger partial charge is 0.493 e. The van der Waals surface area contributed by atoms with E-state index in [0.717, 1.165) is 75.3 Å². The van der Waals surface area contributed by atoms with Gasteiger partial charge in [-0.1, -0.05) is 18.5 Å². The summed E-state index contributed by atoms with van der Waals surface area (Å²) in [7, 11) is 1.67. The molecule has 2 saturated heterocycles. The zero-order valence-corrected chi connectivity index (χ0v) is 18.6. The van der Waals surface area contributed by atoms with Gasteiger partial charge in [0.05, 0.1) is 13.7 Å². The number of nitrogens with one attached hydrogen (secondary N) is 1. The zero-order valence-electron chi connectivity index (χ0n) is 16.2. The second-order valence-electron chi connectivity index (χ2n) is 6.90. The van der Waals surface area contributed by atoms with Gasteiger partial charge in [0.2, 0.25) is 0 Å². The Balaban J connectivity index is 0.00000182. The molecule has 0 saturated carbocycles. The third-order valence-electron chi connectivity index (χ3n) is 5.12. The monoisotopic (exact) mass is 439 g/mol. The molecule has 0 bridgehead atoms. The molecule has 0 amide bonds. The van der Waals surface area contributed by atoms with Gasteiger partial charge < -0.3 is 14.8 Å². The van der Waals surface area contributed by atoms with Crippen LogP contribution < -0.4 is 14.8 Å². The van der Waals surface area contributed by atoms with Crippen molar-refractivity contribution in [3.63, 3.8) is 0 Å². The molecule has 2 fully saturated rings. The lowest BCUT2D eigenvalue weighted by molar-refractivity contribution is 0.0973. The Kier molecular flexibility index (Phi) is 11.1. The summed E-state index contributed by atoms with van der Waals surface area (Å²) in [4.78, 5) is 5.12. The van der Waals surface area contributed by atoms with E-state index in [1.54, 1.807) is 7.11 Å². The second-order valence-corrected chi connectivity index (χ2v) is 7.34. The van der Waals surface area contributed by atoms with Crippen molar-refractivity contribution in [3.05, 3.63) is 22.7 Å². The van der Waals surface area contributed by atoms with Crippen molar-refractivity contribution in [2.24, 2.45) is 0 Å². The van der Waals surface area contributed by atoms with E-state index in [1.165, 1.54) is 6.42 Å². The molecule has 1 aromatic carbocycles. The van der Waals surface area contributed by atoms with E-state index >= 15 is 0 Å². The van der Waals surface area contributed by atoms with Gasteiger partial charge in [0, 0.05) is 62.0 Å². The molecule has 27 heavy (non-hydrogen) atoms. The fraction of sp³-hybridized carbons (Fsp3) is 0.684. The molecule has 2 heterocycles. The lowest BCUT2D eigenvalue weighted by Gasteiger charge is -2.38. The number of benzene rings is 1. The van der Waals surface area contributed by atoms with E-state index < -0.39 is 0 Å². The fourth-order valence-electron chi connectivity index (χ4n) is 3.74. The van der Waals surface area contributed by atoms with E-state index in [1.807, 2.05) is 12.1 Å². The van der Waals surface area contributed by atoms with Gasteiger partial charge in [0.25, 0.3) is 0 Å². The molecule has 1 unspecified atom stereocenters. The molecule has 5 nitrogen and oxygen atoms in total. The number of hydrogen-bond donors (Lipinski definition) is 1. The molecule has 0 spiro atoms.